The first-order valence-corrected chi connectivity index (χ1v) is 6.16. The van der Waals surface area contributed by atoms with Crippen molar-refractivity contribution in [2.75, 3.05) is 46.3 Å². The monoisotopic (exact) mass is 287 g/mol. The molecule has 7 heteroatoms. The van der Waals surface area contributed by atoms with Crippen LogP contribution in [-0.2, 0) is 9.47 Å². The van der Waals surface area contributed by atoms with Crippen LogP contribution in [0, 0.1) is 0 Å². The van der Waals surface area contributed by atoms with Crippen LogP contribution in [0.2, 0.25) is 5.02 Å². The van der Waals surface area contributed by atoms with Gasteiger partial charge in [-0.3, -0.25) is 4.79 Å². The van der Waals surface area contributed by atoms with Gasteiger partial charge in [0.2, 0.25) is 0 Å². The second-order valence-corrected chi connectivity index (χ2v) is 4.28. The number of rotatable bonds is 7. The van der Waals surface area contributed by atoms with E-state index in [2.05, 4.69) is 4.98 Å². The molecule has 0 atom stereocenters. The second-order valence-electron chi connectivity index (χ2n) is 3.87. The van der Waals surface area contributed by atoms with E-state index in [0.717, 1.165) is 0 Å². The summed E-state index contributed by atoms with van der Waals surface area (Å²) < 4.78 is 9.97. The molecule has 1 aromatic rings. The minimum atomic E-state index is -0.177. The molecule has 0 saturated heterocycles. The van der Waals surface area contributed by atoms with Gasteiger partial charge in [0.15, 0.2) is 0 Å². The Bertz CT molecular complexity index is 421. The number of methoxy groups -OCH3 is 2. The fourth-order valence-corrected chi connectivity index (χ4v) is 1.63. The SMILES string of the molecule is COCCN(CCOC)C(=O)c1cnc(N)c(Cl)c1. The molecule has 2 N–H and O–H groups in total. The summed E-state index contributed by atoms with van der Waals surface area (Å²) in [5.74, 6) is 0.0297. The first-order valence-electron chi connectivity index (χ1n) is 5.78. The first kappa shape index (κ1) is 15.7. The molecule has 0 bridgehead atoms. The zero-order chi connectivity index (χ0) is 14.3. The van der Waals surface area contributed by atoms with Gasteiger partial charge < -0.3 is 20.1 Å². The first-order chi connectivity index (χ1) is 9.10. The Morgan fingerprint density at radius 3 is 2.42 bits per heavy atom. The third kappa shape index (κ3) is 4.66. The minimum absolute atomic E-state index is 0.177. The molecule has 0 aromatic carbocycles. The number of ether oxygens (including phenoxy) is 2. The predicted octanol–water partition coefficient (Wildman–Crippen LogP) is 1.05. The lowest BCUT2D eigenvalue weighted by Crippen LogP contribution is -2.36. The van der Waals surface area contributed by atoms with Crippen molar-refractivity contribution in [2.24, 2.45) is 0 Å². The van der Waals surface area contributed by atoms with Gasteiger partial charge in [0, 0.05) is 33.5 Å². The summed E-state index contributed by atoms with van der Waals surface area (Å²) in [6, 6.07) is 1.51. The van der Waals surface area contributed by atoms with Gasteiger partial charge in [-0.15, -0.1) is 0 Å². The number of nitrogens with two attached hydrogens (primary N) is 1. The summed E-state index contributed by atoms with van der Waals surface area (Å²) in [6.07, 6.45) is 1.41. The maximum absolute atomic E-state index is 12.3. The van der Waals surface area contributed by atoms with E-state index in [0.29, 0.717) is 31.9 Å². The molecular weight excluding hydrogens is 270 g/mol. The summed E-state index contributed by atoms with van der Waals surface area (Å²) in [7, 11) is 3.17. The number of hydrogen-bond acceptors (Lipinski definition) is 5. The normalized spacial score (nSPS) is 10.5. The van der Waals surface area contributed by atoms with Gasteiger partial charge in [-0.05, 0) is 6.07 Å². The minimum Gasteiger partial charge on any atom is -0.383 e. The predicted molar refractivity (Wildman–Crippen MR) is 73.3 cm³/mol. The van der Waals surface area contributed by atoms with Crippen molar-refractivity contribution in [1.82, 2.24) is 9.88 Å². The molecule has 0 unspecified atom stereocenters. The Kier molecular flexibility index (Phi) is 6.55. The van der Waals surface area contributed by atoms with Crippen molar-refractivity contribution in [1.29, 1.82) is 0 Å². The Morgan fingerprint density at radius 1 is 1.37 bits per heavy atom. The molecule has 106 valence electrons. The maximum atomic E-state index is 12.3. The fourth-order valence-electron chi connectivity index (χ4n) is 1.47. The summed E-state index contributed by atoms with van der Waals surface area (Å²) in [5, 5.41) is 0.268. The number of amides is 1. The van der Waals surface area contributed by atoms with Crippen LogP contribution in [-0.4, -0.2) is 56.3 Å². The van der Waals surface area contributed by atoms with Crippen molar-refractivity contribution < 1.29 is 14.3 Å². The molecule has 0 aliphatic carbocycles. The Labute approximate surface area is 117 Å². The molecule has 0 saturated carbocycles. The Hall–Kier alpha value is -1.37. The lowest BCUT2D eigenvalue weighted by Gasteiger charge is -2.22. The summed E-state index contributed by atoms with van der Waals surface area (Å²) >= 11 is 5.86. The number of halogens is 1. The van der Waals surface area contributed by atoms with Crippen LogP contribution < -0.4 is 5.73 Å². The van der Waals surface area contributed by atoms with E-state index in [9.17, 15) is 4.79 Å². The molecular formula is C12H18ClN3O3. The third-order valence-corrected chi connectivity index (χ3v) is 2.84. The summed E-state index contributed by atoms with van der Waals surface area (Å²) in [4.78, 5) is 17.8. The van der Waals surface area contributed by atoms with Gasteiger partial charge in [0.25, 0.3) is 5.91 Å². The smallest absolute Gasteiger partial charge is 0.255 e. The van der Waals surface area contributed by atoms with Gasteiger partial charge in [-0.1, -0.05) is 11.6 Å². The molecule has 19 heavy (non-hydrogen) atoms. The van der Waals surface area contributed by atoms with Crippen molar-refractivity contribution in [2.45, 2.75) is 0 Å². The quantitative estimate of drug-likeness (QED) is 0.811. The van der Waals surface area contributed by atoms with Crippen LogP contribution in [0.25, 0.3) is 0 Å². The zero-order valence-electron chi connectivity index (χ0n) is 11.1. The Morgan fingerprint density at radius 2 is 1.95 bits per heavy atom. The molecule has 0 aliphatic rings. The lowest BCUT2D eigenvalue weighted by atomic mass is 10.2. The largest absolute Gasteiger partial charge is 0.383 e. The van der Waals surface area contributed by atoms with Crippen molar-refractivity contribution in [3.05, 3.63) is 22.8 Å². The van der Waals surface area contributed by atoms with Gasteiger partial charge in [-0.2, -0.15) is 0 Å². The second kappa shape index (κ2) is 7.93. The molecule has 1 aromatic heterocycles. The average Bonchev–Trinajstić information content (AvgIpc) is 2.41. The Balaban J connectivity index is 2.81. The summed E-state index contributed by atoms with van der Waals surface area (Å²) in [6.45, 7) is 1.85. The summed E-state index contributed by atoms with van der Waals surface area (Å²) in [5.41, 5.74) is 5.91. The highest BCUT2D eigenvalue weighted by Gasteiger charge is 2.16. The fraction of sp³-hybridized carbons (Fsp3) is 0.500. The van der Waals surface area contributed by atoms with E-state index in [1.165, 1.54) is 12.3 Å². The number of hydrogen-bond donors (Lipinski definition) is 1. The van der Waals surface area contributed by atoms with Crippen LogP contribution in [0.5, 0.6) is 0 Å². The van der Waals surface area contributed by atoms with E-state index >= 15 is 0 Å². The van der Waals surface area contributed by atoms with Gasteiger partial charge >= 0.3 is 0 Å². The molecule has 0 spiro atoms. The van der Waals surface area contributed by atoms with Gasteiger partial charge in [0.05, 0.1) is 23.8 Å². The highest BCUT2D eigenvalue weighted by atomic mass is 35.5. The molecule has 0 radical (unpaired) electrons. The van der Waals surface area contributed by atoms with Crippen LogP contribution in [0.15, 0.2) is 12.3 Å². The van der Waals surface area contributed by atoms with Crippen LogP contribution in [0.4, 0.5) is 5.82 Å². The maximum Gasteiger partial charge on any atom is 0.255 e. The standard InChI is InChI=1S/C12H18ClN3O3/c1-18-5-3-16(4-6-19-2)12(17)9-7-10(13)11(14)15-8-9/h7-8H,3-6H2,1-2H3,(H2,14,15). The van der Waals surface area contributed by atoms with Crippen LogP contribution in [0.1, 0.15) is 10.4 Å². The van der Waals surface area contributed by atoms with Gasteiger partial charge in [-0.25, -0.2) is 4.98 Å². The van der Waals surface area contributed by atoms with Crippen molar-refractivity contribution >= 4 is 23.3 Å². The lowest BCUT2D eigenvalue weighted by molar-refractivity contribution is 0.0627. The van der Waals surface area contributed by atoms with E-state index in [1.54, 1.807) is 19.1 Å². The van der Waals surface area contributed by atoms with E-state index in [4.69, 9.17) is 26.8 Å². The van der Waals surface area contributed by atoms with Crippen molar-refractivity contribution in [3.63, 3.8) is 0 Å². The number of pyridine rings is 1. The van der Waals surface area contributed by atoms with Crippen molar-refractivity contribution in [3.8, 4) is 0 Å². The van der Waals surface area contributed by atoms with Crippen LogP contribution in [0.3, 0.4) is 0 Å². The molecule has 1 heterocycles. The zero-order valence-corrected chi connectivity index (χ0v) is 11.8. The molecule has 0 aliphatic heterocycles. The van der Waals surface area contributed by atoms with Crippen LogP contribution >= 0.6 is 11.6 Å². The number of carbonyl (C=O) groups excluding carboxylic acids is 1. The number of nitrogen functional groups attached to an aromatic ring is 1. The average molecular weight is 288 g/mol. The highest BCUT2D eigenvalue weighted by Crippen LogP contribution is 2.17. The van der Waals surface area contributed by atoms with E-state index < -0.39 is 0 Å². The number of nitrogens with zero attached hydrogens (tertiary/aromatic N) is 2. The molecule has 1 amide bonds. The number of anilines is 1. The third-order valence-electron chi connectivity index (χ3n) is 2.53. The number of carbonyl (C=O) groups is 1. The molecule has 6 nitrogen and oxygen atoms in total. The number of aromatic nitrogens is 1. The molecule has 1 rings (SSSR count). The van der Waals surface area contributed by atoms with Gasteiger partial charge in [0.1, 0.15) is 5.82 Å². The van der Waals surface area contributed by atoms with E-state index in [1.807, 2.05) is 0 Å². The van der Waals surface area contributed by atoms with E-state index in [-0.39, 0.29) is 16.7 Å². The molecule has 0 fully saturated rings. The highest BCUT2D eigenvalue weighted by molar-refractivity contribution is 6.33. The topological polar surface area (TPSA) is 77.7 Å².